The first kappa shape index (κ1) is 20.9. The Morgan fingerprint density at radius 2 is 1.60 bits per heavy atom. The van der Waals surface area contributed by atoms with Gasteiger partial charge in [-0.05, 0) is 64.7 Å². The molecule has 8 heteroatoms. The molecule has 0 radical (unpaired) electrons. The highest BCUT2D eigenvalue weighted by Gasteiger charge is 2.59. The number of rotatable bonds is 2. The molecule has 0 saturated carbocycles. The molecule has 152 valence electrons. The van der Waals surface area contributed by atoms with Gasteiger partial charge in [-0.15, -0.1) is 11.8 Å². The number of hydrogen-bond donors (Lipinski definition) is 1. The smallest absolute Gasteiger partial charge is 0.398 e. The van der Waals surface area contributed by atoms with E-state index in [1.54, 1.807) is 36.4 Å². The van der Waals surface area contributed by atoms with Crippen LogP contribution < -0.4 is 5.73 Å². The molecule has 0 amide bonds. The normalized spacial score (nSPS) is 18.1. The third kappa shape index (κ3) is 3.51. The third-order valence-electron chi connectivity index (χ3n) is 5.08. The molecule has 0 saturated heterocycles. The highest BCUT2D eigenvalue weighted by atomic mass is 35.5. The maximum atomic E-state index is 14.3. The van der Waals surface area contributed by atoms with Gasteiger partial charge in [0.05, 0.1) is 11.3 Å². The largest absolute Gasteiger partial charge is 0.407 e. The van der Waals surface area contributed by atoms with Crippen molar-refractivity contribution in [1.29, 1.82) is 5.26 Å². The number of nitrogens with two attached hydrogens (primary N) is 1. The molecule has 1 unspecified atom stereocenters. The van der Waals surface area contributed by atoms with Crippen LogP contribution in [0.3, 0.4) is 0 Å². The van der Waals surface area contributed by atoms with Crippen molar-refractivity contribution in [2.45, 2.75) is 22.2 Å². The average molecular weight is 465 g/mol. The van der Waals surface area contributed by atoms with E-state index in [1.165, 1.54) is 18.2 Å². The number of thioether (sulfide) groups is 1. The Morgan fingerprint density at radius 1 is 0.967 bits per heavy atom. The molecule has 30 heavy (non-hydrogen) atoms. The fraction of sp³-hybridized carbons (Fsp3) is 0.136. The fourth-order valence-electron chi connectivity index (χ4n) is 3.60. The average Bonchev–Trinajstić information content (AvgIpc) is 3.07. The van der Waals surface area contributed by atoms with Gasteiger partial charge in [0.2, 0.25) is 0 Å². The van der Waals surface area contributed by atoms with Gasteiger partial charge < -0.3 is 5.73 Å². The van der Waals surface area contributed by atoms with E-state index < -0.39 is 10.9 Å². The summed E-state index contributed by atoms with van der Waals surface area (Å²) in [7, 11) is 0. The van der Waals surface area contributed by atoms with Gasteiger partial charge in [0.1, 0.15) is 10.8 Å². The summed E-state index contributed by atoms with van der Waals surface area (Å²) in [5, 5.41) is 9.35. The zero-order valence-corrected chi connectivity index (χ0v) is 17.6. The highest BCUT2D eigenvalue weighted by molar-refractivity contribution is 8.00. The molecule has 2 nitrogen and oxygen atoms in total. The molecule has 0 aromatic heterocycles. The Kier molecular flexibility index (Phi) is 5.17. The van der Waals surface area contributed by atoms with Crippen LogP contribution in [0.2, 0.25) is 10.0 Å². The van der Waals surface area contributed by atoms with Gasteiger partial charge >= 0.3 is 6.18 Å². The summed E-state index contributed by atoms with van der Waals surface area (Å²) in [6.45, 7) is 0. The molecular weight excluding hydrogens is 452 g/mol. The summed E-state index contributed by atoms with van der Waals surface area (Å²) in [6.07, 6.45) is -4.77. The molecule has 4 rings (SSSR count). The summed E-state index contributed by atoms with van der Waals surface area (Å²) >= 11 is 12.8. The lowest BCUT2D eigenvalue weighted by Gasteiger charge is -2.31. The van der Waals surface area contributed by atoms with Crippen LogP contribution in [-0.4, -0.2) is 6.18 Å². The molecule has 1 aliphatic rings. The zero-order valence-electron chi connectivity index (χ0n) is 15.2. The fourth-order valence-corrected chi connectivity index (χ4v) is 5.48. The Hall–Kier alpha value is -2.33. The minimum Gasteiger partial charge on any atom is -0.398 e. The van der Waals surface area contributed by atoms with Gasteiger partial charge in [-0.3, -0.25) is 0 Å². The van der Waals surface area contributed by atoms with Crippen LogP contribution in [0.25, 0.3) is 11.1 Å². The zero-order chi connectivity index (χ0) is 21.7. The number of alkyl halides is 3. The number of halogens is 5. The van der Waals surface area contributed by atoms with Crippen LogP contribution in [0, 0.1) is 11.3 Å². The molecule has 0 spiro atoms. The molecule has 0 bridgehead atoms. The molecule has 3 aromatic carbocycles. The van der Waals surface area contributed by atoms with Crippen molar-refractivity contribution in [1.82, 2.24) is 0 Å². The van der Waals surface area contributed by atoms with E-state index in [0.717, 1.165) is 22.9 Å². The summed E-state index contributed by atoms with van der Waals surface area (Å²) in [4.78, 5) is 0.550. The Balaban J connectivity index is 1.79. The van der Waals surface area contributed by atoms with E-state index in [0.29, 0.717) is 21.7 Å². The molecule has 0 fully saturated rings. The van der Waals surface area contributed by atoms with Crippen molar-refractivity contribution in [3.63, 3.8) is 0 Å². The first-order chi connectivity index (χ1) is 14.1. The van der Waals surface area contributed by atoms with Crippen LogP contribution >= 0.6 is 35.0 Å². The first-order valence-corrected chi connectivity index (χ1v) is 10.4. The van der Waals surface area contributed by atoms with E-state index in [-0.39, 0.29) is 22.0 Å². The maximum Gasteiger partial charge on any atom is 0.407 e. The van der Waals surface area contributed by atoms with E-state index in [4.69, 9.17) is 34.2 Å². The molecule has 1 aliphatic heterocycles. The lowest BCUT2D eigenvalue weighted by Crippen LogP contribution is -2.39. The lowest BCUT2D eigenvalue weighted by atomic mass is 9.89. The summed E-state index contributed by atoms with van der Waals surface area (Å²) < 4.78 is 40.8. The van der Waals surface area contributed by atoms with Gasteiger partial charge in [-0.25, -0.2) is 0 Å². The van der Waals surface area contributed by atoms with Crippen LogP contribution in [-0.2, 0) is 11.2 Å². The number of anilines is 1. The molecule has 1 atom stereocenters. The predicted octanol–water partition coefficient (Wildman–Crippen LogP) is 7.22. The predicted molar refractivity (Wildman–Crippen MR) is 115 cm³/mol. The van der Waals surface area contributed by atoms with Crippen LogP contribution in [0.1, 0.15) is 16.7 Å². The van der Waals surface area contributed by atoms with Crippen molar-refractivity contribution in [2.24, 2.45) is 0 Å². The van der Waals surface area contributed by atoms with Gasteiger partial charge in [-0.2, -0.15) is 18.4 Å². The minimum absolute atomic E-state index is 0.0258. The van der Waals surface area contributed by atoms with Crippen molar-refractivity contribution in [2.75, 3.05) is 5.73 Å². The standard InChI is InChI=1S/C22H13Cl2F3N2S/c23-17-7-16(8-18(24)9-17)21(22(25,26)27)10-15-5-12(3-4-20(15)30-21)13-1-2-14(11-28)19(29)6-13/h1-9H,10,29H2. The molecule has 2 N–H and O–H groups in total. The SMILES string of the molecule is N#Cc1ccc(-c2ccc3c(c2)CC(c2cc(Cl)cc(Cl)c2)(C(F)(F)F)S3)cc1N. The van der Waals surface area contributed by atoms with E-state index in [1.807, 2.05) is 6.07 Å². The van der Waals surface area contributed by atoms with Crippen molar-refractivity contribution in [3.8, 4) is 17.2 Å². The number of nitriles is 1. The number of fused-ring (bicyclic) bond motifs is 1. The van der Waals surface area contributed by atoms with E-state index in [2.05, 4.69) is 0 Å². The Labute approximate surface area is 185 Å². The molecule has 3 aromatic rings. The summed E-state index contributed by atoms with van der Waals surface area (Å²) in [5.74, 6) is 0. The van der Waals surface area contributed by atoms with Crippen molar-refractivity contribution < 1.29 is 13.2 Å². The number of benzene rings is 3. The monoisotopic (exact) mass is 464 g/mol. The first-order valence-electron chi connectivity index (χ1n) is 8.78. The number of nitrogens with zero attached hydrogens (tertiary/aromatic N) is 1. The van der Waals surface area contributed by atoms with Crippen molar-refractivity contribution >= 4 is 40.7 Å². The quantitative estimate of drug-likeness (QED) is 0.407. The van der Waals surface area contributed by atoms with Gasteiger partial charge in [0.25, 0.3) is 0 Å². The van der Waals surface area contributed by atoms with Crippen LogP contribution in [0.15, 0.2) is 59.5 Å². The van der Waals surface area contributed by atoms with Crippen LogP contribution in [0.4, 0.5) is 18.9 Å². The van der Waals surface area contributed by atoms with E-state index in [9.17, 15) is 13.2 Å². The topological polar surface area (TPSA) is 49.8 Å². The third-order valence-corrected chi connectivity index (χ3v) is 7.09. The second-order valence-corrected chi connectivity index (χ2v) is 9.21. The molecular formula is C22H13Cl2F3N2S. The molecule has 1 heterocycles. The highest BCUT2D eigenvalue weighted by Crippen LogP contribution is 2.60. The van der Waals surface area contributed by atoms with E-state index >= 15 is 0 Å². The number of hydrogen-bond acceptors (Lipinski definition) is 3. The van der Waals surface area contributed by atoms with Gasteiger partial charge in [0, 0.05) is 21.4 Å². The van der Waals surface area contributed by atoms with Crippen molar-refractivity contribution in [3.05, 3.63) is 81.3 Å². The number of nitrogen functional groups attached to an aromatic ring is 1. The van der Waals surface area contributed by atoms with Gasteiger partial charge in [0.15, 0.2) is 0 Å². The van der Waals surface area contributed by atoms with Gasteiger partial charge in [-0.1, -0.05) is 35.3 Å². The molecule has 0 aliphatic carbocycles. The maximum absolute atomic E-state index is 14.3. The Bertz CT molecular complexity index is 1180. The minimum atomic E-state index is -4.52. The Morgan fingerprint density at radius 3 is 2.20 bits per heavy atom. The lowest BCUT2D eigenvalue weighted by molar-refractivity contribution is -0.161. The second kappa shape index (κ2) is 7.42. The van der Waals surface area contributed by atoms with Crippen LogP contribution in [0.5, 0.6) is 0 Å². The summed E-state index contributed by atoms with van der Waals surface area (Å²) in [6, 6.07) is 16.2. The summed E-state index contributed by atoms with van der Waals surface area (Å²) in [5.41, 5.74) is 8.62. The second-order valence-electron chi connectivity index (χ2n) is 7.00.